The highest BCUT2D eigenvalue weighted by Gasteiger charge is 2.42. The van der Waals surface area contributed by atoms with Gasteiger partial charge < -0.3 is 14.8 Å². The van der Waals surface area contributed by atoms with Crippen LogP contribution in [0.2, 0.25) is 0 Å². The topological polar surface area (TPSA) is 79.4 Å². The van der Waals surface area contributed by atoms with Crippen LogP contribution in [0.1, 0.15) is 56.4 Å². The van der Waals surface area contributed by atoms with Gasteiger partial charge in [0.15, 0.2) is 0 Å². The number of benzene rings is 1. The molecule has 8 heteroatoms. The molecule has 29 heavy (non-hydrogen) atoms. The number of rotatable bonds is 6. The second kappa shape index (κ2) is 7.72. The molecule has 2 aromatic rings. The number of hydrogen-bond acceptors (Lipinski definition) is 3. The molecule has 1 unspecified atom stereocenters. The number of esters is 1. The number of ether oxygens (including phenoxy) is 1. The fourth-order valence-electron chi connectivity index (χ4n) is 4.50. The molecular weight excluding hydrogens is 387 g/mol. The molecule has 0 saturated carbocycles. The lowest BCUT2D eigenvalue weighted by Crippen LogP contribution is -2.44. The average molecular weight is 411 g/mol. The van der Waals surface area contributed by atoms with E-state index in [1.54, 1.807) is 0 Å². The van der Waals surface area contributed by atoms with Crippen LogP contribution in [0.4, 0.5) is 13.2 Å². The van der Waals surface area contributed by atoms with Gasteiger partial charge in [0, 0.05) is 22.5 Å². The van der Waals surface area contributed by atoms with Gasteiger partial charge in [-0.15, -0.1) is 0 Å². The number of H-pyrrole nitrogens is 1. The number of carbonyl (C=O) groups is 2. The molecule has 1 aliphatic rings. The van der Waals surface area contributed by atoms with Gasteiger partial charge in [-0.1, -0.05) is 13.8 Å². The molecule has 158 valence electrons. The van der Waals surface area contributed by atoms with Crippen LogP contribution < -0.4 is 0 Å². The lowest BCUT2D eigenvalue weighted by atomic mass is 9.73. The van der Waals surface area contributed by atoms with Crippen LogP contribution in [0, 0.1) is 5.92 Å². The summed E-state index contributed by atoms with van der Waals surface area (Å²) in [7, 11) is 0. The van der Waals surface area contributed by atoms with E-state index in [0.717, 1.165) is 17.3 Å². The Balaban J connectivity index is 1.90. The lowest BCUT2D eigenvalue weighted by Gasteiger charge is -2.41. The van der Waals surface area contributed by atoms with Gasteiger partial charge >= 0.3 is 18.1 Å². The number of aliphatic carboxylic acids is 1. The summed E-state index contributed by atoms with van der Waals surface area (Å²) < 4.78 is 44.9. The molecular formula is C21H24F3NO4. The third-order valence-electron chi connectivity index (χ3n) is 6.07. The summed E-state index contributed by atoms with van der Waals surface area (Å²) in [6, 6.07) is 3.70. The minimum atomic E-state index is -4.40. The summed E-state index contributed by atoms with van der Waals surface area (Å²) in [5.74, 6) is -2.05. The van der Waals surface area contributed by atoms with Crippen molar-refractivity contribution >= 4 is 22.8 Å². The predicted octanol–water partition coefficient (Wildman–Crippen LogP) is 4.87. The number of nitrogens with one attached hydrogen (secondary N) is 1. The first-order valence-electron chi connectivity index (χ1n) is 9.74. The van der Waals surface area contributed by atoms with Crippen molar-refractivity contribution in [2.24, 2.45) is 5.92 Å². The van der Waals surface area contributed by atoms with Gasteiger partial charge in [-0.25, -0.2) is 0 Å². The van der Waals surface area contributed by atoms with E-state index >= 15 is 0 Å². The number of hydrogen-bond donors (Lipinski definition) is 2. The molecule has 1 atom stereocenters. The van der Waals surface area contributed by atoms with Gasteiger partial charge in [-0.3, -0.25) is 9.59 Å². The van der Waals surface area contributed by atoms with E-state index in [9.17, 15) is 22.8 Å². The van der Waals surface area contributed by atoms with Crippen molar-refractivity contribution < 1.29 is 32.6 Å². The largest absolute Gasteiger partial charge is 0.481 e. The number of halogens is 3. The number of aromatic nitrogens is 1. The van der Waals surface area contributed by atoms with Crippen LogP contribution in [-0.4, -0.2) is 27.6 Å². The van der Waals surface area contributed by atoms with Crippen LogP contribution >= 0.6 is 0 Å². The fourth-order valence-corrected chi connectivity index (χ4v) is 4.50. The van der Waals surface area contributed by atoms with Crippen LogP contribution in [0.5, 0.6) is 0 Å². The lowest BCUT2D eigenvalue weighted by molar-refractivity contribution is -0.171. The van der Waals surface area contributed by atoms with E-state index in [2.05, 4.69) is 4.98 Å². The smallest absolute Gasteiger partial charge is 0.416 e. The third-order valence-corrected chi connectivity index (χ3v) is 6.07. The van der Waals surface area contributed by atoms with Crippen LogP contribution in [0.15, 0.2) is 18.2 Å². The number of carbonyl (C=O) groups excluding carboxylic acids is 1. The molecule has 0 saturated heterocycles. The van der Waals surface area contributed by atoms with E-state index in [-0.39, 0.29) is 5.92 Å². The molecule has 1 aliphatic carbocycles. The maximum Gasteiger partial charge on any atom is 0.416 e. The summed E-state index contributed by atoms with van der Waals surface area (Å²) in [6.07, 6.45) is -2.26. The first-order valence-corrected chi connectivity index (χ1v) is 9.74. The third kappa shape index (κ3) is 4.11. The first kappa shape index (κ1) is 21.2. The van der Waals surface area contributed by atoms with E-state index in [4.69, 9.17) is 9.84 Å². The SMILES string of the molecule is CCC(CC)(OC(=O)CC(=O)O)C1CCc2c([nH]c3ccc(C(F)(F)F)cc23)C1. The Kier molecular flexibility index (Phi) is 5.65. The molecule has 0 amide bonds. The highest BCUT2D eigenvalue weighted by atomic mass is 19.4. The Morgan fingerprint density at radius 1 is 1.24 bits per heavy atom. The minimum Gasteiger partial charge on any atom is -0.481 e. The molecule has 0 fully saturated rings. The van der Waals surface area contributed by atoms with Gasteiger partial charge in [0.1, 0.15) is 12.0 Å². The van der Waals surface area contributed by atoms with Crippen LogP contribution in [-0.2, 0) is 33.3 Å². The summed E-state index contributed by atoms with van der Waals surface area (Å²) >= 11 is 0. The van der Waals surface area contributed by atoms with Gasteiger partial charge in [-0.05, 0) is 55.9 Å². The summed E-state index contributed by atoms with van der Waals surface area (Å²) in [6.45, 7) is 3.79. The molecule has 0 aliphatic heterocycles. The highest BCUT2D eigenvalue weighted by molar-refractivity contribution is 5.90. The van der Waals surface area contributed by atoms with E-state index in [1.807, 2.05) is 13.8 Å². The van der Waals surface area contributed by atoms with Crippen molar-refractivity contribution in [1.29, 1.82) is 0 Å². The van der Waals surface area contributed by atoms with E-state index in [1.165, 1.54) is 12.1 Å². The molecule has 2 N–H and O–H groups in total. The second-order valence-corrected chi connectivity index (χ2v) is 7.60. The summed E-state index contributed by atoms with van der Waals surface area (Å²) in [5, 5.41) is 9.42. The maximum absolute atomic E-state index is 13.1. The van der Waals surface area contributed by atoms with Gasteiger partial charge in [0.05, 0.1) is 5.56 Å². The second-order valence-electron chi connectivity index (χ2n) is 7.60. The van der Waals surface area contributed by atoms with Gasteiger partial charge in [0.2, 0.25) is 0 Å². The van der Waals surface area contributed by atoms with E-state index < -0.39 is 35.7 Å². The predicted molar refractivity (Wildman–Crippen MR) is 100 cm³/mol. The Hall–Kier alpha value is -2.51. The van der Waals surface area contributed by atoms with Crippen molar-refractivity contribution in [3.8, 4) is 0 Å². The maximum atomic E-state index is 13.1. The van der Waals surface area contributed by atoms with Crippen molar-refractivity contribution in [3.05, 3.63) is 35.0 Å². The standard InChI is InChI=1S/C21H24F3NO4/c1-3-20(4-2,29-19(28)11-18(26)27)12-5-7-14-15-9-13(21(22,23)24)6-8-16(15)25-17(14)10-12/h6,8-9,12,25H,3-5,7,10-11H2,1-2H3,(H,26,27). The normalized spacial score (nSPS) is 17.2. The number of fused-ring (bicyclic) bond motifs is 3. The number of alkyl halides is 3. The highest BCUT2D eigenvalue weighted by Crippen LogP contribution is 2.42. The van der Waals surface area contributed by atoms with Crippen molar-refractivity contribution in [2.75, 3.05) is 0 Å². The average Bonchev–Trinajstić information content (AvgIpc) is 3.01. The Morgan fingerprint density at radius 3 is 2.52 bits per heavy atom. The molecule has 3 rings (SSSR count). The molecule has 0 bridgehead atoms. The quantitative estimate of drug-likeness (QED) is 0.525. The zero-order valence-corrected chi connectivity index (χ0v) is 16.4. The number of aryl methyl sites for hydroxylation is 1. The summed E-state index contributed by atoms with van der Waals surface area (Å²) in [5.41, 5.74) is 0.924. The van der Waals surface area contributed by atoms with Crippen molar-refractivity contribution in [3.63, 3.8) is 0 Å². The zero-order valence-electron chi connectivity index (χ0n) is 16.4. The Labute approximate surface area is 166 Å². The zero-order chi connectivity index (χ0) is 21.4. The van der Waals surface area contributed by atoms with Crippen molar-refractivity contribution in [2.45, 2.75) is 64.1 Å². The number of aromatic amines is 1. The van der Waals surface area contributed by atoms with E-state index in [0.29, 0.717) is 43.0 Å². The first-order chi connectivity index (χ1) is 13.6. The monoisotopic (exact) mass is 411 g/mol. The van der Waals surface area contributed by atoms with Crippen LogP contribution in [0.3, 0.4) is 0 Å². The van der Waals surface area contributed by atoms with Crippen LogP contribution in [0.25, 0.3) is 10.9 Å². The molecule has 1 aromatic heterocycles. The molecule has 1 aromatic carbocycles. The van der Waals surface area contributed by atoms with Gasteiger partial charge in [0.25, 0.3) is 0 Å². The molecule has 1 heterocycles. The number of carboxylic acids is 1. The minimum absolute atomic E-state index is 0.0436. The molecule has 0 spiro atoms. The Bertz CT molecular complexity index is 928. The summed E-state index contributed by atoms with van der Waals surface area (Å²) in [4.78, 5) is 26.1. The number of carboxylic acid groups (broad SMARTS) is 1. The Morgan fingerprint density at radius 2 is 1.93 bits per heavy atom. The fraction of sp³-hybridized carbons (Fsp3) is 0.524. The molecule has 5 nitrogen and oxygen atoms in total. The molecule has 0 radical (unpaired) electrons. The van der Waals surface area contributed by atoms with Crippen molar-refractivity contribution in [1.82, 2.24) is 4.98 Å². The van der Waals surface area contributed by atoms with Gasteiger partial charge in [-0.2, -0.15) is 13.2 Å².